The minimum absolute atomic E-state index is 0.0659. The Kier molecular flexibility index (Phi) is 3.90. The van der Waals surface area contributed by atoms with Gasteiger partial charge in [-0.15, -0.1) is 0 Å². The maximum Gasteiger partial charge on any atom is 0.433 e. The highest BCUT2D eigenvalue weighted by Crippen LogP contribution is 2.31. The first-order chi connectivity index (χ1) is 12.4. The zero-order chi connectivity index (χ0) is 18.3. The fourth-order valence-electron chi connectivity index (χ4n) is 3.12. The van der Waals surface area contributed by atoms with Crippen LogP contribution in [-0.4, -0.2) is 28.0 Å². The summed E-state index contributed by atoms with van der Waals surface area (Å²) in [6.07, 6.45) is 1.03. The summed E-state index contributed by atoms with van der Waals surface area (Å²) in [5, 5.41) is 0.918. The largest absolute Gasteiger partial charge is 0.433 e. The lowest BCUT2D eigenvalue weighted by Gasteiger charge is -2.26. The summed E-state index contributed by atoms with van der Waals surface area (Å²) in [7, 11) is 0. The van der Waals surface area contributed by atoms with E-state index in [-0.39, 0.29) is 11.8 Å². The third-order valence-corrected chi connectivity index (χ3v) is 4.42. The lowest BCUT2D eigenvalue weighted by Crippen LogP contribution is -2.30. The van der Waals surface area contributed by atoms with Crippen LogP contribution < -0.4 is 4.90 Å². The molecule has 0 saturated heterocycles. The molecule has 1 aliphatic heterocycles. The number of benzene rings is 1. The van der Waals surface area contributed by atoms with Crippen molar-refractivity contribution in [3.63, 3.8) is 0 Å². The predicted molar refractivity (Wildman–Crippen MR) is 90.1 cm³/mol. The van der Waals surface area contributed by atoms with E-state index >= 15 is 0 Å². The maximum absolute atomic E-state index is 13.3. The van der Waals surface area contributed by atoms with E-state index in [4.69, 9.17) is 0 Å². The Morgan fingerprint density at radius 2 is 2.00 bits per heavy atom. The zero-order valence-electron chi connectivity index (χ0n) is 13.5. The van der Waals surface area contributed by atoms with Crippen molar-refractivity contribution in [1.29, 1.82) is 0 Å². The van der Waals surface area contributed by atoms with Crippen LogP contribution in [0.15, 0.2) is 42.7 Å². The van der Waals surface area contributed by atoms with Gasteiger partial charge >= 0.3 is 6.18 Å². The number of alkyl halides is 3. The molecule has 3 heterocycles. The molecule has 1 N–H and O–H groups in total. The molecule has 134 valence electrons. The van der Waals surface area contributed by atoms with Crippen LogP contribution in [0, 0.1) is 5.82 Å². The lowest BCUT2D eigenvalue weighted by atomic mass is 9.99. The summed E-state index contributed by atoms with van der Waals surface area (Å²) in [4.78, 5) is 12.3. The molecule has 4 rings (SSSR count). The van der Waals surface area contributed by atoms with Crippen LogP contribution in [0.5, 0.6) is 0 Å². The number of fused-ring (bicyclic) bond motifs is 1. The SMILES string of the molecule is Fc1ccc2c(C3=CCN(c4nccc(C(F)(F)F)n4)CC3)c[nH]c2c1. The Morgan fingerprint density at radius 3 is 2.73 bits per heavy atom. The Labute approximate surface area is 146 Å². The van der Waals surface area contributed by atoms with Gasteiger partial charge in [0.15, 0.2) is 0 Å². The van der Waals surface area contributed by atoms with E-state index in [9.17, 15) is 17.6 Å². The quantitative estimate of drug-likeness (QED) is 0.687. The van der Waals surface area contributed by atoms with Gasteiger partial charge in [-0.05, 0) is 36.3 Å². The molecule has 2 aromatic heterocycles. The predicted octanol–water partition coefficient (Wildman–Crippen LogP) is 4.41. The van der Waals surface area contributed by atoms with Gasteiger partial charge in [-0.25, -0.2) is 14.4 Å². The number of nitrogens with one attached hydrogen (secondary N) is 1. The first-order valence-electron chi connectivity index (χ1n) is 8.03. The molecule has 0 unspecified atom stereocenters. The Hall–Kier alpha value is -2.90. The Bertz CT molecular complexity index is 990. The average molecular weight is 362 g/mol. The van der Waals surface area contributed by atoms with E-state index in [2.05, 4.69) is 15.0 Å². The molecule has 1 aromatic carbocycles. The van der Waals surface area contributed by atoms with E-state index in [1.165, 1.54) is 12.1 Å². The third kappa shape index (κ3) is 3.02. The van der Waals surface area contributed by atoms with Crippen molar-refractivity contribution in [3.05, 3.63) is 59.8 Å². The molecule has 26 heavy (non-hydrogen) atoms. The number of halogens is 4. The number of hydrogen-bond donors (Lipinski definition) is 1. The van der Waals surface area contributed by atoms with Gasteiger partial charge in [-0.1, -0.05) is 6.08 Å². The van der Waals surface area contributed by atoms with Crippen LogP contribution in [0.4, 0.5) is 23.5 Å². The summed E-state index contributed by atoms with van der Waals surface area (Å²) in [6.45, 7) is 0.908. The normalized spacial score (nSPS) is 15.4. The van der Waals surface area contributed by atoms with Crippen LogP contribution in [-0.2, 0) is 6.18 Å². The molecule has 0 saturated carbocycles. The van der Waals surface area contributed by atoms with Crippen molar-refractivity contribution in [2.75, 3.05) is 18.0 Å². The van der Waals surface area contributed by atoms with E-state index in [0.717, 1.165) is 28.8 Å². The molecule has 4 nitrogen and oxygen atoms in total. The first-order valence-corrected chi connectivity index (χ1v) is 8.03. The van der Waals surface area contributed by atoms with E-state index in [1.807, 2.05) is 12.3 Å². The van der Waals surface area contributed by atoms with Gasteiger partial charge in [-0.2, -0.15) is 13.2 Å². The summed E-state index contributed by atoms with van der Waals surface area (Å²) < 4.78 is 51.7. The molecule has 0 radical (unpaired) electrons. The van der Waals surface area contributed by atoms with Crippen LogP contribution >= 0.6 is 0 Å². The summed E-state index contributed by atoms with van der Waals surface area (Å²) >= 11 is 0. The van der Waals surface area contributed by atoms with Crippen LogP contribution in [0.2, 0.25) is 0 Å². The van der Waals surface area contributed by atoms with Crippen molar-refractivity contribution in [3.8, 4) is 0 Å². The highest BCUT2D eigenvalue weighted by molar-refractivity contribution is 5.93. The first kappa shape index (κ1) is 16.6. The number of nitrogens with zero attached hydrogens (tertiary/aromatic N) is 3. The van der Waals surface area contributed by atoms with Gasteiger partial charge in [0.2, 0.25) is 5.95 Å². The number of aromatic amines is 1. The molecule has 1 aliphatic rings. The minimum Gasteiger partial charge on any atom is -0.360 e. The fourth-order valence-corrected chi connectivity index (χ4v) is 3.12. The summed E-state index contributed by atoms with van der Waals surface area (Å²) in [5.41, 5.74) is 1.80. The molecule has 0 amide bonds. The fraction of sp³-hybridized carbons (Fsp3) is 0.222. The van der Waals surface area contributed by atoms with Crippen molar-refractivity contribution in [1.82, 2.24) is 15.0 Å². The zero-order valence-corrected chi connectivity index (χ0v) is 13.5. The maximum atomic E-state index is 13.3. The van der Waals surface area contributed by atoms with Crippen molar-refractivity contribution in [2.24, 2.45) is 0 Å². The van der Waals surface area contributed by atoms with Crippen molar-refractivity contribution in [2.45, 2.75) is 12.6 Å². The second kappa shape index (κ2) is 6.12. The number of H-pyrrole nitrogens is 1. The average Bonchev–Trinajstić information content (AvgIpc) is 3.04. The monoisotopic (exact) mass is 362 g/mol. The minimum atomic E-state index is -4.49. The smallest absolute Gasteiger partial charge is 0.360 e. The number of rotatable bonds is 2. The van der Waals surface area contributed by atoms with Gasteiger partial charge in [-0.3, -0.25) is 0 Å². The molecule has 0 bridgehead atoms. The Balaban J connectivity index is 1.58. The van der Waals surface area contributed by atoms with Crippen LogP contribution in [0.25, 0.3) is 16.5 Å². The second-order valence-corrected chi connectivity index (χ2v) is 6.06. The van der Waals surface area contributed by atoms with Crippen molar-refractivity contribution >= 4 is 22.4 Å². The highest BCUT2D eigenvalue weighted by Gasteiger charge is 2.33. The molecule has 0 aliphatic carbocycles. The summed E-state index contributed by atoms with van der Waals surface area (Å²) in [5.74, 6) is -0.243. The molecular formula is C18H14F4N4. The second-order valence-electron chi connectivity index (χ2n) is 6.06. The lowest BCUT2D eigenvalue weighted by molar-refractivity contribution is -0.141. The van der Waals surface area contributed by atoms with E-state index in [1.54, 1.807) is 11.0 Å². The van der Waals surface area contributed by atoms with Gasteiger partial charge in [0.1, 0.15) is 11.5 Å². The Morgan fingerprint density at radius 1 is 1.15 bits per heavy atom. The van der Waals surface area contributed by atoms with Gasteiger partial charge < -0.3 is 9.88 Å². The molecule has 0 atom stereocenters. The summed E-state index contributed by atoms with van der Waals surface area (Å²) in [6, 6.07) is 5.43. The van der Waals surface area contributed by atoms with Gasteiger partial charge in [0, 0.05) is 41.9 Å². The topological polar surface area (TPSA) is 44.8 Å². The molecule has 3 aromatic rings. The van der Waals surface area contributed by atoms with Crippen molar-refractivity contribution < 1.29 is 17.6 Å². The molecule has 8 heteroatoms. The standard InChI is InChI=1S/C18H14F4N4/c19-12-1-2-13-14(10-24-15(13)9-12)11-4-7-26(8-5-11)17-23-6-3-16(25-17)18(20,21)22/h1-4,6,9-10,24H,5,7-8H2. The van der Waals surface area contributed by atoms with Crippen LogP contribution in [0.1, 0.15) is 17.7 Å². The number of anilines is 1. The molecule has 0 fully saturated rings. The molecule has 0 spiro atoms. The number of hydrogen-bond acceptors (Lipinski definition) is 3. The van der Waals surface area contributed by atoms with Gasteiger partial charge in [0.25, 0.3) is 0 Å². The van der Waals surface area contributed by atoms with E-state index in [0.29, 0.717) is 25.0 Å². The third-order valence-electron chi connectivity index (χ3n) is 4.42. The van der Waals surface area contributed by atoms with Gasteiger partial charge in [0.05, 0.1) is 0 Å². The number of aromatic nitrogens is 3. The van der Waals surface area contributed by atoms with E-state index < -0.39 is 11.9 Å². The van der Waals surface area contributed by atoms with Crippen LogP contribution in [0.3, 0.4) is 0 Å². The molecular weight excluding hydrogens is 348 g/mol. The highest BCUT2D eigenvalue weighted by atomic mass is 19.4.